The molecule has 8 heteroatoms. The molecular formula is C20H18F3N3OS. The summed E-state index contributed by atoms with van der Waals surface area (Å²) in [5.41, 5.74) is 2.48. The second kappa shape index (κ2) is 8.52. The first-order valence-electron chi connectivity index (χ1n) is 8.55. The lowest BCUT2D eigenvalue weighted by Gasteiger charge is -2.11. The summed E-state index contributed by atoms with van der Waals surface area (Å²) in [5.74, 6) is -4.90. The van der Waals surface area contributed by atoms with Gasteiger partial charge in [0.25, 0.3) is 0 Å². The lowest BCUT2D eigenvalue weighted by atomic mass is 10.1. The number of aromatic amines is 1. The molecule has 0 saturated carbocycles. The molecule has 1 atom stereocenters. The highest BCUT2D eigenvalue weighted by molar-refractivity contribution is 8.00. The number of carbonyl (C=O) groups is 1. The number of aromatic nitrogens is 2. The highest BCUT2D eigenvalue weighted by atomic mass is 32.2. The number of anilines is 1. The van der Waals surface area contributed by atoms with Gasteiger partial charge in [-0.1, -0.05) is 42.1 Å². The minimum absolute atomic E-state index is 0.406. The van der Waals surface area contributed by atoms with Crippen LogP contribution in [0, 0.1) is 24.4 Å². The number of hydrogen-bond donors (Lipinski definition) is 2. The van der Waals surface area contributed by atoms with Gasteiger partial charge in [-0.2, -0.15) is 0 Å². The molecule has 1 aromatic heterocycles. The average Bonchev–Trinajstić information content (AvgIpc) is 3.01. The van der Waals surface area contributed by atoms with Gasteiger partial charge in [0, 0.05) is 12.1 Å². The fraction of sp³-hybridized carbons (Fsp3) is 0.200. The Morgan fingerprint density at radius 1 is 1.14 bits per heavy atom. The van der Waals surface area contributed by atoms with E-state index in [-0.39, 0.29) is 0 Å². The third-order valence-electron chi connectivity index (χ3n) is 4.13. The predicted octanol–water partition coefficient (Wildman–Crippen LogP) is 4.85. The zero-order valence-electron chi connectivity index (χ0n) is 15.2. The second-order valence-electron chi connectivity index (χ2n) is 6.25. The Bertz CT molecular complexity index is 992. The summed E-state index contributed by atoms with van der Waals surface area (Å²) in [6.07, 6.45) is 0.657. The van der Waals surface area contributed by atoms with Crippen molar-refractivity contribution in [1.29, 1.82) is 0 Å². The summed E-state index contributed by atoms with van der Waals surface area (Å²) in [6.45, 7) is 3.52. The lowest BCUT2D eigenvalue weighted by molar-refractivity contribution is -0.115. The van der Waals surface area contributed by atoms with Gasteiger partial charge in [-0.25, -0.2) is 18.2 Å². The highest BCUT2D eigenvalue weighted by Gasteiger charge is 2.21. The van der Waals surface area contributed by atoms with Crippen LogP contribution in [0.4, 0.5) is 18.9 Å². The van der Waals surface area contributed by atoms with Crippen molar-refractivity contribution in [3.8, 4) is 0 Å². The van der Waals surface area contributed by atoms with Crippen LogP contribution in [0.3, 0.4) is 0 Å². The lowest BCUT2D eigenvalue weighted by Crippen LogP contribution is -2.23. The first-order chi connectivity index (χ1) is 13.3. The minimum atomic E-state index is -1.62. The van der Waals surface area contributed by atoms with Crippen molar-refractivity contribution in [2.24, 2.45) is 0 Å². The van der Waals surface area contributed by atoms with E-state index in [0.29, 0.717) is 11.6 Å². The van der Waals surface area contributed by atoms with Crippen LogP contribution in [-0.2, 0) is 11.2 Å². The van der Waals surface area contributed by atoms with Gasteiger partial charge in [-0.05, 0) is 31.5 Å². The number of amides is 1. The average molecular weight is 405 g/mol. The van der Waals surface area contributed by atoms with Crippen molar-refractivity contribution < 1.29 is 18.0 Å². The summed E-state index contributed by atoms with van der Waals surface area (Å²) >= 11 is 1.16. The van der Waals surface area contributed by atoms with Crippen molar-refractivity contribution in [3.05, 3.63) is 76.9 Å². The molecule has 3 aromatic rings. The molecule has 0 radical (unpaired) electrons. The van der Waals surface area contributed by atoms with Gasteiger partial charge in [-0.3, -0.25) is 4.79 Å². The Labute approximate surface area is 164 Å². The molecule has 0 aliphatic heterocycles. The number of thioether (sulfide) groups is 1. The number of carbonyl (C=O) groups excluding carboxylic acids is 1. The number of halogens is 3. The van der Waals surface area contributed by atoms with Crippen LogP contribution in [0.1, 0.15) is 23.9 Å². The molecule has 0 aliphatic carbocycles. The normalized spacial score (nSPS) is 12.0. The molecule has 3 rings (SSSR count). The van der Waals surface area contributed by atoms with Crippen LogP contribution in [0.25, 0.3) is 0 Å². The Morgan fingerprint density at radius 2 is 1.86 bits per heavy atom. The molecule has 4 nitrogen and oxygen atoms in total. The van der Waals surface area contributed by atoms with E-state index < -0.39 is 34.3 Å². The number of nitrogens with one attached hydrogen (secondary N) is 2. The largest absolute Gasteiger partial charge is 0.337 e. The molecule has 1 heterocycles. The van der Waals surface area contributed by atoms with Gasteiger partial charge in [-0.15, -0.1) is 0 Å². The Kier molecular flexibility index (Phi) is 6.08. The van der Waals surface area contributed by atoms with E-state index in [4.69, 9.17) is 0 Å². The molecule has 2 N–H and O–H groups in total. The van der Waals surface area contributed by atoms with Gasteiger partial charge in [0.05, 0.1) is 16.6 Å². The number of rotatable bonds is 6. The van der Waals surface area contributed by atoms with Crippen LogP contribution < -0.4 is 5.32 Å². The molecular weight excluding hydrogens is 387 g/mol. The molecule has 0 aliphatic rings. The maximum atomic E-state index is 13.7. The van der Waals surface area contributed by atoms with Gasteiger partial charge in [0.2, 0.25) is 5.91 Å². The van der Waals surface area contributed by atoms with E-state index in [1.807, 2.05) is 37.3 Å². The van der Waals surface area contributed by atoms with Crippen LogP contribution >= 0.6 is 11.8 Å². The van der Waals surface area contributed by atoms with E-state index in [9.17, 15) is 18.0 Å². The number of benzene rings is 2. The van der Waals surface area contributed by atoms with Crippen molar-refractivity contribution in [2.75, 3.05) is 5.32 Å². The summed E-state index contributed by atoms with van der Waals surface area (Å²) < 4.78 is 40.0. The van der Waals surface area contributed by atoms with Crippen molar-refractivity contribution in [2.45, 2.75) is 30.7 Å². The monoisotopic (exact) mass is 405 g/mol. The van der Waals surface area contributed by atoms with Gasteiger partial charge < -0.3 is 10.3 Å². The summed E-state index contributed by atoms with van der Waals surface area (Å²) in [4.78, 5) is 19.9. The standard InChI is InChI=1S/C20H18F3N3OS/c1-11-16(10-13-6-4-3-5-7-13)26-20(24-11)28-12(2)19(27)25-15-9-8-14(21)17(22)18(15)23/h3-9,12H,10H2,1-2H3,(H,24,26)(H,25,27)/t12-/m1/s1. The zero-order valence-corrected chi connectivity index (χ0v) is 16.0. The number of hydrogen-bond acceptors (Lipinski definition) is 3. The molecule has 0 unspecified atom stereocenters. The van der Waals surface area contributed by atoms with E-state index in [2.05, 4.69) is 15.3 Å². The van der Waals surface area contributed by atoms with Crippen molar-refractivity contribution in [3.63, 3.8) is 0 Å². The summed E-state index contributed by atoms with van der Waals surface area (Å²) in [6, 6.07) is 11.6. The van der Waals surface area contributed by atoms with Crippen LogP contribution in [0.5, 0.6) is 0 Å². The third-order valence-corrected chi connectivity index (χ3v) is 5.11. The first-order valence-corrected chi connectivity index (χ1v) is 9.43. The summed E-state index contributed by atoms with van der Waals surface area (Å²) in [7, 11) is 0. The molecule has 0 fully saturated rings. The first kappa shape index (κ1) is 20.0. The highest BCUT2D eigenvalue weighted by Crippen LogP contribution is 2.25. The predicted molar refractivity (Wildman–Crippen MR) is 103 cm³/mol. The molecule has 0 spiro atoms. The number of H-pyrrole nitrogens is 1. The number of imidazole rings is 1. The maximum Gasteiger partial charge on any atom is 0.237 e. The maximum absolute atomic E-state index is 13.7. The van der Waals surface area contributed by atoms with Gasteiger partial charge in [0.15, 0.2) is 22.6 Å². The van der Waals surface area contributed by atoms with E-state index in [1.165, 1.54) is 0 Å². The van der Waals surface area contributed by atoms with E-state index >= 15 is 0 Å². The fourth-order valence-electron chi connectivity index (χ4n) is 2.56. The van der Waals surface area contributed by atoms with E-state index in [0.717, 1.165) is 40.8 Å². The Hall–Kier alpha value is -2.74. The number of aryl methyl sites for hydroxylation is 1. The van der Waals surface area contributed by atoms with Crippen molar-refractivity contribution >= 4 is 23.4 Å². The van der Waals surface area contributed by atoms with Crippen molar-refractivity contribution in [1.82, 2.24) is 9.97 Å². The van der Waals surface area contributed by atoms with Gasteiger partial charge >= 0.3 is 0 Å². The molecule has 1 amide bonds. The van der Waals surface area contributed by atoms with Crippen LogP contribution in [0.15, 0.2) is 47.6 Å². The Balaban J connectivity index is 1.66. The topological polar surface area (TPSA) is 57.8 Å². The van der Waals surface area contributed by atoms with Gasteiger partial charge in [0.1, 0.15) is 0 Å². The fourth-order valence-corrected chi connectivity index (χ4v) is 3.44. The minimum Gasteiger partial charge on any atom is -0.337 e. The summed E-state index contributed by atoms with van der Waals surface area (Å²) in [5, 5.41) is 2.19. The SMILES string of the molecule is Cc1[nH]c(S[C@H](C)C(=O)Nc2ccc(F)c(F)c2F)nc1Cc1ccccc1. The zero-order chi connectivity index (χ0) is 20.3. The quantitative estimate of drug-likeness (QED) is 0.456. The Morgan fingerprint density at radius 3 is 2.57 bits per heavy atom. The molecule has 146 valence electrons. The molecule has 0 saturated heterocycles. The molecule has 2 aromatic carbocycles. The number of nitrogens with zero attached hydrogens (tertiary/aromatic N) is 1. The second-order valence-corrected chi connectivity index (χ2v) is 7.58. The molecule has 0 bridgehead atoms. The third kappa shape index (κ3) is 4.56. The van der Waals surface area contributed by atoms with E-state index in [1.54, 1.807) is 6.92 Å². The smallest absolute Gasteiger partial charge is 0.237 e. The van der Waals surface area contributed by atoms with Crippen LogP contribution in [0.2, 0.25) is 0 Å². The van der Waals surface area contributed by atoms with Crippen LogP contribution in [-0.4, -0.2) is 21.1 Å². The molecule has 28 heavy (non-hydrogen) atoms.